The summed E-state index contributed by atoms with van der Waals surface area (Å²) in [5, 5.41) is 12.1. The van der Waals surface area contributed by atoms with Gasteiger partial charge in [-0.15, -0.1) is 0 Å². The number of benzene rings is 4. The highest BCUT2D eigenvalue weighted by molar-refractivity contribution is 7.59. The molecule has 1 aliphatic rings. The molecule has 0 spiro atoms. The van der Waals surface area contributed by atoms with E-state index in [0.717, 1.165) is 11.1 Å². The minimum atomic E-state index is -1.24. The summed E-state index contributed by atoms with van der Waals surface area (Å²) in [7, 11) is 1.50. The summed E-state index contributed by atoms with van der Waals surface area (Å²) >= 11 is 0. The molecule has 5 rings (SSSR count). The van der Waals surface area contributed by atoms with Gasteiger partial charge in [-0.05, 0) is 89.0 Å². The number of carbonyl (C=O) groups is 5. The first-order chi connectivity index (χ1) is 31.0. The third-order valence-corrected chi connectivity index (χ3v) is 11.8. The molecule has 4 aromatic rings. The van der Waals surface area contributed by atoms with E-state index < -0.39 is 41.5 Å². The van der Waals surface area contributed by atoms with Crippen LogP contribution in [0.5, 0.6) is 11.5 Å². The number of rotatable bonds is 17. The molecule has 0 aromatic heterocycles. The maximum Gasteiger partial charge on any atom is 0.226 e. The second-order valence-electron chi connectivity index (χ2n) is 17.7. The van der Waals surface area contributed by atoms with Crippen LogP contribution < -0.4 is 37.7 Å². The topological polar surface area (TPSA) is 247 Å². The lowest BCUT2D eigenvalue weighted by Crippen LogP contribution is -2.46. The number of anilines is 1. The van der Waals surface area contributed by atoms with E-state index in [1.165, 1.54) is 17.5 Å². The van der Waals surface area contributed by atoms with Gasteiger partial charge in [-0.2, -0.15) is 18.8 Å². The zero-order valence-corrected chi connectivity index (χ0v) is 39.7. The molecule has 352 valence electrons. The number of hydrogen-bond acceptors (Lipinski definition) is 12. The summed E-state index contributed by atoms with van der Waals surface area (Å²) < 4.78 is 12.2. The summed E-state index contributed by atoms with van der Waals surface area (Å²) in [5.41, 5.74) is 29.9. The Morgan fingerprint density at radius 1 is 0.848 bits per heavy atom. The highest BCUT2D eigenvalue weighted by atomic mass is 32.1. The third kappa shape index (κ3) is 13.1. The van der Waals surface area contributed by atoms with Crippen molar-refractivity contribution < 1.29 is 33.4 Å². The number of amides is 2. The molecule has 1 heterocycles. The average molecular weight is 920 g/mol. The highest BCUT2D eigenvalue weighted by Gasteiger charge is 2.36. The number of Topliss-reactive ketones (excluding diaryl/α,β-unsaturated/α-hetero) is 3. The highest BCUT2D eigenvalue weighted by Crippen LogP contribution is 2.41. The zero-order chi connectivity index (χ0) is 47.4. The van der Waals surface area contributed by atoms with E-state index in [2.05, 4.69) is 38.2 Å². The molecule has 0 aliphatic carbocycles. The largest absolute Gasteiger partial charge is 0.492 e. The van der Waals surface area contributed by atoms with E-state index in [-0.39, 0.29) is 113 Å². The second-order valence-corrected chi connectivity index (χ2v) is 17.7. The Kier molecular flexibility index (Phi) is 19.1. The Bertz CT molecular complexity index is 2410. The average Bonchev–Trinajstić information content (AvgIpc) is 3.28. The monoisotopic (exact) mass is 919 g/mol. The molecule has 0 fully saturated rings. The van der Waals surface area contributed by atoms with Gasteiger partial charge in [0.1, 0.15) is 30.8 Å². The Hall–Kier alpha value is -6.05. The first-order valence-corrected chi connectivity index (χ1v) is 22.2. The van der Waals surface area contributed by atoms with Crippen molar-refractivity contribution in [1.82, 2.24) is 10.2 Å². The molecular formula is C51H65N7O7S. The van der Waals surface area contributed by atoms with E-state index >= 15 is 0 Å². The van der Waals surface area contributed by atoms with E-state index in [0.29, 0.717) is 33.8 Å². The van der Waals surface area contributed by atoms with E-state index in [4.69, 9.17) is 32.4 Å². The van der Waals surface area contributed by atoms with Gasteiger partial charge in [0.15, 0.2) is 17.3 Å². The lowest BCUT2D eigenvalue weighted by molar-refractivity contribution is -0.142. The molecule has 0 unspecified atom stereocenters. The van der Waals surface area contributed by atoms with Crippen LogP contribution in [0, 0.1) is 23.2 Å². The normalized spacial score (nSPS) is 16.7. The van der Waals surface area contributed by atoms with Gasteiger partial charge < -0.3 is 42.6 Å². The number of ketones is 3. The number of hydrogen-bond donors (Lipinski definition) is 5. The SMILES string of the molecule is C[C@@H]1CC(=O)[C@@H](N(C)C(=O)[C@H](CCN)CC(=O)c2ccc(-c3ccc(C(C)(C)C)cc3)cc2N)c2ccc(OCCN)c(c2)-c2cc(ccc2OCCN)C[C@@H](C(=O)CCC#N)NC1=O.S. The number of nitrogens with one attached hydrogen (secondary N) is 1. The zero-order valence-electron chi connectivity index (χ0n) is 38.7. The van der Waals surface area contributed by atoms with Crippen molar-refractivity contribution in [3.8, 4) is 39.8 Å². The lowest BCUT2D eigenvalue weighted by atomic mass is 9.86. The van der Waals surface area contributed by atoms with Gasteiger partial charge in [-0.1, -0.05) is 70.2 Å². The number of nitriles is 1. The molecule has 9 N–H and O–H groups in total. The Morgan fingerprint density at radius 2 is 1.47 bits per heavy atom. The van der Waals surface area contributed by atoms with Crippen LogP contribution in [0.4, 0.5) is 5.69 Å². The maximum absolute atomic E-state index is 14.7. The Balaban J connectivity index is 0.00000952. The van der Waals surface area contributed by atoms with Crippen molar-refractivity contribution in [3.63, 3.8) is 0 Å². The molecule has 4 aromatic carbocycles. The lowest BCUT2D eigenvalue weighted by Gasteiger charge is -2.32. The van der Waals surface area contributed by atoms with Crippen LogP contribution in [-0.4, -0.2) is 80.0 Å². The molecule has 0 saturated carbocycles. The van der Waals surface area contributed by atoms with Crippen molar-refractivity contribution in [1.29, 1.82) is 5.26 Å². The van der Waals surface area contributed by atoms with Crippen LogP contribution >= 0.6 is 13.5 Å². The summed E-state index contributed by atoms with van der Waals surface area (Å²) in [6.45, 7) is 8.87. The molecule has 1 aliphatic heterocycles. The van der Waals surface area contributed by atoms with Gasteiger partial charge in [0.25, 0.3) is 0 Å². The Labute approximate surface area is 395 Å². The van der Waals surface area contributed by atoms with Gasteiger partial charge in [0.2, 0.25) is 11.8 Å². The fourth-order valence-corrected chi connectivity index (χ4v) is 8.13. The standard InChI is InChI=1S/C51H63N7O7.H2S/c1-31-25-45(61)48(58(5)50(63)36(18-20-53)30-44(60)38-15-11-34(29-41(38)56)33-9-13-37(14-10-33)51(2,3)4)35-12-17-47(65-24-22-55)40(28-35)39-26-32(8-16-46(39)64-23-21-54)27-42(57-49(31)62)43(59)7-6-19-52;/h8-17,26,28-29,31,36,42,48H,6-7,18,20-25,27,30,53-56H2,1-5H3,(H,57,62);1H2/t31-,36-,42+,48+;/m1./s1. The maximum atomic E-state index is 14.7. The summed E-state index contributed by atoms with van der Waals surface area (Å²) in [6, 6.07) is 23.7. The van der Waals surface area contributed by atoms with Crippen LogP contribution in [0.3, 0.4) is 0 Å². The number of ether oxygens (including phenoxy) is 2. The molecule has 14 nitrogen and oxygen atoms in total. The van der Waals surface area contributed by atoms with Crippen molar-refractivity contribution in [2.24, 2.45) is 29.0 Å². The predicted octanol–water partition coefficient (Wildman–Crippen LogP) is 5.93. The van der Waals surface area contributed by atoms with Crippen LogP contribution in [0.1, 0.15) is 92.9 Å². The number of nitrogen functional groups attached to an aromatic ring is 1. The van der Waals surface area contributed by atoms with Gasteiger partial charge in [0.05, 0.1) is 12.1 Å². The van der Waals surface area contributed by atoms with Crippen molar-refractivity contribution in [2.75, 3.05) is 45.6 Å². The predicted molar refractivity (Wildman–Crippen MR) is 262 cm³/mol. The molecule has 0 radical (unpaired) electrons. The molecule has 0 saturated heterocycles. The van der Waals surface area contributed by atoms with E-state index in [1.807, 2.05) is 30.3 Å². The fraction of sp³-hybridized carbons (Fsp3) is 0.412. The fourth-order valence-electron chi connectivity index (χ4n) is 8.13. The smallest absolute Gasteiger partial charge is 0.226 e. The van der Waals surface area contributed by atoms with Crippen molar-refractivity contribution >= 4 is 48.3 Å². The number of fused-ring (bicyclic) bond motifs is 5. The van der Waals surface area contributed by atoms with Gasteiger partial charge in [-0.3, -0.25) is 24.0 Å². The minimum Gasteiger partial charge on any atom is -0.492 e. The van der Waals surface area contributed by atoms with Crippen molar-refractivity contribution in [3.05, 3.63) is 101 Å². The molecular weight excluding hydrogens is 855 g/mol. The number of carbonyl (C=O) groups excluding carboxylic acids is 5. The van der Waals surface area contributed by atoms with Crippen LogP contribution in [0.25, 0.3) is 22.3 Å². The van der Waals surface area contributed by atoms with Crippen LogP contribution in [-0.2, 0) is 31.0 Å². The molecule has 2 amide bonds. The minimum absolute atomic E-state index is 0. The number of likely N-dealkylation sites (N-methyl/N-ethyl adjacent to an activating group) is 1. The van der Waals surface area contributed by atoms with Crippen molar-refractivity contribution in [2.45, 2.75) is 83.7 Å². The third-order valence-electron chi connectivity index (χ3n) is 11.8. The summed E-state index contributed by atoms with van der Waals surface area (Å²) in [5.74, 6) is -3.18. The molecule has 4 atom stereocenters. The quantitative estimate of drug-likeness (QED) is 0.0611. The van der Waals surface area contributed by atoms with Gasteiger partial charge in [-0.25, -0.2) is 0 Å². The second kappa shape index (κ2) is 23.9. The van der Waals surface area contributed by atoms with E-state index in [1.54, 1.807) is 49.4 Å². The van der Waals surface area contributed by atoms with Gasteiger partial charge in [0, 0.05) is 80.0 Å². The summed E-state index contributed by atoms with van der Waals surface area (Å²) in [4.78, 5) is 72.0. The number of nitrogens with zero attached hydrogens (tertiary/aromatic N) is 2. The van der Waals surface area contributed by atoms with E-state index in [9.17, 15) is 29.2 Å². The first-order valence-electron chi connectivity index (χ1n) is 22.2. The Morgan fingerprint density at radius 3 is 2.06 bits per heavy atom. The van der Waals surface area contributed by atoms with Crippen LogP contribution in [0.15, 0.2) is 78.9 Å². The first kappa shape index (κ1) is 52.6. The van der Waals surface area contributed by atoms with Gasteiger partial charge >= 0.3 is 0 Å². The molecule has 4 bridgehead atoms. The molecule has 66 heavy (non-hydrogen) atoms. The molecule has 15 heteroatoms. The number of nitrogens with two attached hydrogens (primary N) is 4. The summed E-state index contributed by atoms with van der Waals surface area (Å²) in [6.07, 6.45) is -0.398. The van der Waals surface area contributed by atoms with Crippen LogP contribution in [0.2, 0.25) is 0 Å².